The fourth-order valence-electron chi connectivity index (χ4n) is 3.77. The maximum Gasteiger partial charge on any atom is 0.256 e. The van der Waals surface area contributed by atoms with Gasteiger partial charge in [0.2, 0.25) is 0 Å². The lowest BCUT2D eigenvalue weighted by atomic mass is 9.33. The molecule has 0 fully saturated rings. The lowest BCUT2D eigenvalue weighted by Gasteiger charge is -2.33. The Morgan fingerprint density at radius 1 is 0.750 bits per heavy atom. The SMILES string of the molecule is Cc1c(F)cc(F)cc1B(C1=C(F)C(F)C(C)(F)C=C1F)C1=C(F)C(F)C(C)(F)C=C1F. The van der Waals surface area contributed by atoms with E-state index in [4.69, 9.17) is 0 Å². The van der Waals surface area contributed by atoms with Gasteiger partial charge >= 0.3 is 0 Å². The quantitative estimate of drug-likeness (QED) is 0.358. The number of alkyl halides is 4. The number of benzene rings is 1. The van der Waals surface area contributed by atoms with Crippen LogP contribution in [0.25, 0.3) is 0 Å². The van der Waals surface area contributed by atoms with E-state index in [0.717, 1.165) is 6.92 Å². The van der Waals surface area contributed by atoms with Crippen LogP contribution in [0.15, 0.2) is 58.5 Å². The molecule has 0 N–H and O–H groups in total. The number of hydrogen-bond donors (Lipinski definition) is 0. The minimum absolute atomic E-state index is 0.0107. The van der Waals surface area contributed by atoms with Crippen molar-refractivity contribution in [1.29, 1.82) is 0 Å². The van der Waals surface area contributed by atoms with Crippen LogP contribution in [0.1, 0.15) is 19.4 Å². The first-order valence-electron chi connectivity index (χ1n) is 9.28. The smallest absolute Gasteiger partial charge is 0.236 e. The van der Waals surface area contributed by atoms with E-state index in [-0.39, 0.29) is 12.2 Å². The molecule has 0 spiro atoms. The van der Waals surface area contributed by atoms with Gasteiger partial charge in [0.05, 0.1) is 0 Å². The van der Waals surface area contributed by atoms with Crippen LogP contribution < -0.4 is 5.46 Å². The van der Waals surface area contributed by atoms with Gasteiger partial charge in [0.1, 0.15) is 34.9 Å². The van der Waals surface area contributed by atoms with Crippen LogP contribution in [0.4, 0.5) is 43.9 Å². The van der Waals surface area contributed by atoms with Gasteiger partial charge in [0.25, 0.3) is 6.71 Å². The van der Waals surface area contributed by atoms with Gasteiger partial charge in [-0.1, -0.05) is 5.46 Å². The van der Waals surface area contributed by atoms with Crippen LogP contribution in [0.2, 0.25) is 0 Å². The van der Waals surface area contributed by atoms with E-state index in [9.17, 15) is 43.9 Å². The summed E-state index contributed by atoms with van der Waals surface area (Å²) in [6.07, 6.45) is -6.32. The van der Waals surface area contributed by atoms with Crippen LogP contribution in [0.3, 0.4) is 0 Å². The van der Waals surface area contributed by atoms with E-state index in [0.29, 0.717) is 26.0 Å². The highest BCUT2D eigenvalue weighted by Crippen LogP contribution is 2.44. The molecule has 0 saturated heterocycles. The van der Waals surface area contributed by atoms with Crippen LogP contribution in [-0.2, 0) is 0 Å². The Labute approximate surface area is 177 Å². The Morgan fingerprint density at radius 2 is 1.16 bits per heavy atom. The summed E-state index contributed by atoms with van der Waals surface area (Å²) < 4.78 is 145. The molecule has 0 aliphatic heterocycles. The lowest BCUT2D eigenvalue weighted by molar-refractivity contribution is 0.113. The van der Waals surface area contributed by atoms with Gasteiger partial charge in [-0.2, -0.15) is 0 Å². The third kappa shape index (κ3) is 3.79. The van der Waals surface area contributed by atoms with Crippen molar-refractivity contribution < 1.29 is 43.9 Å². The zero-order valence-electron chi connectivity index (χ0n) is 16.8. The first kappa shape index (κ1) is 24.2. The fourth-order valence-corrected chi connectivity index (χ4v) is 3.77. The van der Waals surface area contributed by atoms with Crippen LogP contribution in [0, 0.1) is 18.6 Å². The van der Waals surface area contributed by atoms with Crippen molar-refractivity contribution in [3.63, 3.8) is 0 Å². The summed E-state index contributed by atoms with van der Waals surface area (Å²) in [5.74, 6) is -10.6. The standard InChI is InChI=1S/C21H15BF10/c1-8-10(4-9(23)5-11(8)24)22(14-12(25)6-20(2,31)18(29)16(14)27)15-13(26)7-21(3,32)19(30)17(15)28/h4-7,18-19H,1-3H3. The Bertz CT molecular complexity index is 1040. The number of allylic oxidation sites excluding steroid dienone is 8. The van der Waals surface area contributed by atoms with Gasteiger partial charge in [-0.3, -0.25) is 0 Å². The molecule has 32 heavy (non-hydrogen) atoms. The van der Waals surface area contributed by atoms with Crippen molar-refractivity contribution in [2.24, 2.45) is 0 Å². The summed E-state index contributed by atoms with van der Waals surface area (Å²) in [4.78, 5) is 0. The van der Waals surface area contributed by atoms with Crippen molar-refractivity contribution in [3.05, 3.63) is 75.7 Å². The van der Waals surface area contributed by atoms with E-state index >= 15 is 0 Å². The molecule has 2 aliphatic rings. The van der Waals surface area contributed by atoms with Gasteiger partial charge in [-0.25, -0.2) is 43.9 Å². The maximum absolute atomic E-state index is 14.9. The third-order valence-corrected chi connectivity index (χ3v) is 5.52. The van der Waals surface area contributed by atoms with Gasteiger partial charge in [-0.15, -0.1) is 0 Å². The van der Waals surface area contributed by atoms with Crippen LogP contribution >= 0.6 is 0 Å². The maximum atomic E-state index is 14.9. The minimum Gasteiger partial charge on any atom is -0.236 e. The zero-order chi connectivity index (χ0) is 24.3. The minimum atomic E-state index is -3.20. The molecule has 4 unspecified atom stereocenters. The topological polar surface area (TPSA) is 0 Å². The van der Waals surface area contributed by atoms with Gasteiger partial charge < -0.3 is 0 Å². The highest BCUT2D eigenvalue weighted by Gasteiger charge is 2.51. The highest BCUT2D eigenvalue weighted by molar-refractivity contribution is 6.88. The molecule has 0 amide bonds. The zero-order valence-corrected chi connectivity index (χ0v) is 16.8. The molecule has 0 saturated carbocycles. The summed E-state index contributed by atoms with van der Waals surface area (Å²) in [5, 5.41) is 0. The summed E-state index contributed by atoms with van der Waals surface area (Å²) in [7, 11) is 0. The summed E-state index contributed by atoms with van der Waals surface area (Å²) >= 11 is 0. The molecule has 0 bridgehead atoms. The molecule has 172 valence electrons. The molecular weight excluding hydrogens is 453 g/mol. The summed E-state index contributed by atoms with van der Waals surface area (Å²) in [6, 6.07) is 0.815. The Morgan fingerprint density at radius 3 is 1.56 bits per heavy atom. The normalized spacial score (nSPS) is 31.0. The van der Waals surface area contributed by atoms with Crippen molar-refractivity contribution in [2.75, 3.05) is 0 Å². The Hall–Kier alpha value is -2.46. The first-order valence-corrected chi connectivity index (χ1v) is 9.28. The molecule has 0 nitrogen and oxygen atoms in total. The van der Waals surface area contributed by atoms with E-state index in [2.05, 4.69) is 0 Å². The highest BCUT2D eigenvalue weighted by atomic mass is 19.2. The molecule has 11 heteroatoms. The van der Waals surface area contributed by atoms with Crippen molar-refractivity contribution in [3.8, 4) is 0 Å². The van der Waals surface area contributed by atoms with Crippen molar-refractivity contribution >= 4 is 12.2 Å². The second kappa shape index (κ2) is 7.84. The monoisotopic (exact) mass is 468 g/mol. The number of halogens is 10. The molecule has 0 heterocycles. The summed E-state index contributed by atoms with van der Waals surface area (Å²) in [6.45, 7) is -0.566. The number of hydrogen-bond acceptors (Lipinski definition) is 0. The fraction of sp³-hybridized carbons (Fsp3) is 0.333. The predicted molar refractivity (Wildman–Crippen MR) is 100.0 cm³/mol. The lowest BCUT2D eigenvalue weighted by Crippen LogP contribution is -2.46. The molecule has 1 aromatic carbocycles. The van der Waals surface area contributed by atoms with Crippen molar-refractivity contribution in [2.45, 2.75) is 44.5 Å². The van der Waals surface area contributed by atoms with Crippen LogP contribution in [0.5, 0.6) is 0 Å². The van der Waals surface area contributed by atoms with E-state index in [1.807, 2.05) is 0 Å². The molecule has 0 aromatic heterocycles. The van der Waals surface area contributed by atoms with E-state index in [1.54, 1.807) is 0 Å². The van der Waals surface area contributed by atoms with Gasteiger partial charge in [0.15, 0.2) is 23.7 Å². The molecule has 0 radical (unpaired) electrons. The van der Waals surface area contributed by atoms with E-state index in [1.165, 1.54) is 0 Å². The second-order valence-corrected chi connectivity index (χ2v) is 8.07. The van der Waals surface area contributed by atoms with Crippen molar-refractivity contribution in [1.82, 2.24) is 0 Å². The molecule has 1 aromatic rings. The molecular formula is C21H15BF10. The number of rotatable bonds is 3. The Kier molecular flexibility index (Phi) is 5.93. The molecule has 3 rings (SSSR count). The van der Waals surface area contributed by atoms with Gasteiger partial charge in [-0.05, 0) is 44.6 Å². The third-order valence-electron chi connectivity index (χ3n) is 5.52. The van der Waals surface area contributed by atoms with E-state index < -0.39 is 87.3 Å². The summed E-state index contributed by atoms with van der Waals surface area (Å²) in [5.41, 5.74) is -10.7. The van der Waals surface area contributed by atoms with Gasteiger partial charge in [0, 0.05) is 17.0 Å². The average molecular weight is 468 g/mol. The second-order valence-electron chi connectivity index (χ2n) is 8.07. The first-order chi connectivity index (χ1) is 14.6. The van der Waals surface area contributed by atoms with Crippen LogP contribution in [-0.4, -0.2) is 30.4 Å². The Balaban J connectivity index is 2.41. The largest absolute Gasteiger partial charge is 0.256 e. The molecule has 4 atom stereocenters. The molecule has 2 aliphatic carbocycles. The predicted octanol–water partition coefficient (Wildman–Crippen LogP) is 6.37. The average Bonchev–Trinajstić information content (AvgIpc) is 2.65.